The van der Waals surface area contributed by atoms with Crippen molar-refractivity contribution in [2.75, 3.05) is 54.6 Å². The van der Waals surface area contributed by atoms with E-state index in [1.165, 1.54) is 65.6 Å². The average Bonchev–Trinajstić information content (AvgIpc) is 1.75. The van der Waals surface area contributed by atoms with Crippen molar-refractivity contribution in [2.45, 2.75) is 144 Å². The van der Waals surface area contributed by atoms with E-state index >= 15 is 0 Å². The smallest absolute Gasteiger partial charge is 0.387 e. The molecule has 0 spiro atoms. The molecule has 1 aliphatic carbocycles. The molecular weight excluding hydrogens is 1350 g/mol. The highest BCUT2D eigenvalue weighted by Gasteiger charge is 2.35. The van der Waals surface area contributed by atoms with Crippen molar-refractivity contribution in [1.82, 2.24) is 34.6 Å². The van der Waals surface area contributed by atoms with Gasteiger partial charge in [-0.15, -0.1) is 0 Å². The lowest BCUT2D eigenvalue weighted by Crippen LogP contribution is -2.36. The van der Waals surface area contributed by atoms with Crippen molar-refractivity contribution in [3.05, 3.63) is 166 Å². The highest BCUT2D eigenvalue weighted by molar-refractivity contribution is 5.87. The molecule has 6 aromatic carbocycles. The number of aldehydes is 1. The number of likely N-dealkylation sites (tertiary alicyclic amines) is 3. The van der Waals surface area contributed by atoms with E-state index in [9.17, 15) is 31.9 Å². The van der Waals surface area contributed by atoms with E-state index in [-0.39, 0.29) is 42.4 Å². The van der Waals surface area contributed by atoms with E-state index in [0.29, 0.717) is 100 Å². The van der Waals surface area contributed by atoms with Crippen molar-refractivity contribution in [2.24, 2.45) is 11.8 Å². The molecule has 0 radical (unpaired) electrons. The Kier molecular flexibility index (Phi) is 23.7. The van der Waals surface area contributed by atoms with E-state index in [1.807, 2.05) is 85.2 Å². The molecule has 0 bridgehead atoms. The molecule has 105 heavy (non-hydrogen) atoms. The Morgan fingerprint density at radius 3 is 1.31 bits per heavy atom. The number of pyridine rings is 2. The Morgan fingerprint density at radius 1 is 0.486 bits per heavy atom. The predicted molar refractivity (Wildman–Crippen MR) is 395 cm³/mol. The van der Waals surface area contributed by atoms with Gasteiger partial charge in [-0.05, 0) is 178 Å². The molecule has 3 saturated heterocycles. The molecule has 10 aromatic rings. The van der Waals surface area contributed by atoms with Gasteiger partial charge in [-0.2, -0.15) is 17.6 Å². The second-order valence-electron chi connectivity index (χ2n) is 27.7. The first-order valence-electron chi connectivity index (χ1n) is 35.8. The van der Waals surface area contributed by atoms with Crippen molar-refractivity contribution in [3.8, 4) is 90.9 Å². The third kappa shape index (κ3) is 16.7. The van der Waals surface area contributed by atoms with Crippen LogP contribution in [0, 0.1) is 39.5 Å². The number of carbonyl (C=O) groups is 3. The number of esters is 2. The number of oxazole rings is 2. The summed E-state index contributed by atoms with van der Waals surface area (Å²) in [6.45, 7) is 11.4. The monoisotopic (exact) mass is 1440 g/mol. The van der Waals surface area contributed by atoms with Gasteiger partial charge in [-0.3, -0.25) is 29.1 Å². The number of benzene rings is 6. The molecule has 0 N–H and O–H groups in total. The van der Waals surface area contributed by atoms with Gasteiger partial charge in [0.25, 0.3) is 0 Å². The third-order valence-electron chi connectivity index (χ3n) is 20.8. The highest BCUT2D eigenvalue weighted by atomic mass is 19.3. The molecule has 1 saturated carbocycles. The van der Waals surface area contributed by atoms with Crippen LogP contribution in [-0.2, 0) is 38.7 Å². The molecule has 4 fully saturated rings. The maximum atomic E-state index is 13.5. The maximum Gasteiger partial charge on any atom is 0.387 e. The van der Waals surface area contributed by atoms with Crippen LogP contribution >= 0.6 is 0 Å². The lowest BCUT2D eigenvalue weighted by molar-refractivity contribution is -0.146. The lowest BCUT2D eigenvalue weighted by atomic mass is 9.90. The zero-order chi connectivity index (χ0) is 74.2. The molecule has 550 valence electrons. The summed E-state index contributed by atoms with van der Waals surface area (Å²) < 4.78 is 97.2. The Labute approximate surface area is 609 Å². The number of methoxy groups -OCH3 is 4. The predicted octanol–water partition coefficient (Wildman–Crippen LogP) is 18.0. The Hall–Kier alpha value is -10.0. The normalized spacial score (nSPS) is 17.1. The minimum atomic E-state index is -3.04. The first kappa shape index (κ1) is 74.7. The fourth-order valence-corrected chi connectivity index (χ4v) is 15.2. The summed E-state index contributed by atoms with van der Waals surface area (Å²) in [5.74, 6) is 2.61. The number of aromatic nitrogens is 4. The SMILES string of the molecule is CC1CCCC1.COC(=O)[C@@H]1CCCN1Cc1cc2nc(-c3cccc(-c4cccc(-c5ccc(C=O)c(OC)n5)c4C)c3C)oc2cc1OC(F)F.COC(=O)[C@@H]1CCCN1Cc1cc2nc(-c3cccc(-c4cccc(-c5ccc(CN6CC[C@H](C)C6)c(OC)n5)c4C)c3C)oc2cc1OC(F)F. The van der Waals surface area contributed by atoms with Gasteiger partial charge < -0.3 is 37.3 Å². The van der Waals surface area contributed by atoms with Crippen molar-refractivity contribution in [1.29, 1.82) is 0 Å². The first-order valence-corrected chi connectivity index (χ1v) is 35.8. The van der Waals surface area contributed by atoms with Gasteiger partial charge in [0.15, 0.2) is 17.5 Å². The van der Waals surface area contributed by atoms with Crippen molar-refractivity contribution < 1.29 is 69.2 Å². The fourth-order valence-electron chi connectivity index (χ4n) is 15.2. The molecule has 0 amide bonds. The molecule has 4 aliphatic rings. The van der Waals surface area contributed by atoms with E-state index < -0.39 is 25.3 Å². The molecule has 7 heterocycles. The van der Waals surface area contributed by atoms with Crippen LogP contribution in [0.3, 0.4) is 0 Å². The summed E-state index contributed by atoms with van der Waals surface area (Å²) >= 11 is 0. The van der Waals surface area contributed by atoms with Crippen LogP contribution in [-0.4, -0.2) is 133 Å². The lowest BCUT2D eigenvalue weighted by Gasteiger charge is -2.23. The zero-order valence-corrected chi connectivity index (χ0v) is 61.0. The van der Waals surface area contributed by atoms with Crippen LogP contribution in [0.2, 0.25) is 0 Å². The van der Waals surface area contributed by atoms with Crippen molar-refractivity contribution >= 4 is 40.4 Å². The number of nitrogens with zero attached hydrogens (tertiary/aromatic N) is 7. The third-order valence-corrected chi connectivity index (χ3v) is 20.8. The number of alkyl halides is 4. The average molecular weight is 1440 g/mol. The van der Waals surface area contributed by atoms with Crippen LogP contribution in [0.15, 0.2) is 130 Å². The van der Waals surface area contributed by atoms with E-state index in [4.69, 9.17) is 52.2 Å². The Balaban J connectivity index is 0.000000183. The highest BCUT2D eigenvalue weighted by Crippen LogP contribution is 2.43. The van der Waals surface area contributed by atoms with E-state index in [0.717, 1.165) is 116 Å². The van der Waals surface area contributed by atoms with Crippen molar-refractivity contribution in [3.63, 3.8) is 0 Å². The van der Waals surface area contributed by atoms with Crippen LogP contribution in [0.4, 0.5) is 17.6 Å². The molecule has 4 aromatic heterocycles. The molecule has 3 aliphatic heterocycles. The van der Waals surface area contributed by atoms with Gasteiger partial charge in [0.2, 0.25) is 23.5 Å². The minimum Gasteiger partial charge on any atom is -0.481 e. The van der Waals surface area contributed by atoms with Crippen LogP contribution in [0.1, 0.15) is 121 Å². The van der Waals surface area contributed by atoms with Crippen LogP contribution in [0.5, 0.6) is 23.3 Å². The van der Waals surface area contributed by atoms with Gasteiger partial charge in [-0.25, -0.2) is 19.9 Å². The summed E-state index contributed by atoms with van der Waals surface area (Å²) in [7, 11) is 5.84. The summed E-state index contributed by atoms with van der Waals surface area (Å²) in [4.78, 5) is 61.4. The number of ether oxygens (including phenoxy) is 6. The van der Waals surface area contributed by atoms with E-state index in [1.54, 1.807) is 31.4 Å². The molecule has 3 atom stereocenters. The topological polar surface area (TPSA) is 194 Å². The Morgan fingerprint density at radius 2 is 0.914 bits per heavy atom. The van der Waals surface area contributed by atoms with Gasteiger partial charge in [0.1, 0.15) is 34.6 Å². The molecule has 0 unspecified atom stereocenters. The fraction of sp³-hybridized carbons (Fsp3) is 0.386. The second-order valence-corrected chi connectivity index (χ2v) is 27.7. The molecule has 18 nitrogen and oxygen atoms in total. The summed E-state index contributed by atoms with van der Waals surface area (Å²) in [6.07, 6.45) is 10.7. The maximum absolute atomic E-state index is 13.5. The minimum absolute atomic E-state index is 0.0115. The summed E-state index contributed by atoms with van der Waals surface area (Å²) in [6, 6.07) is 37.0. The zero-order valence-electron chi connectivity index (χ0n) is 61.0. The second kappa shape index (κ2) is 33.4. The number of rotatable bonds is 21. The van der Waals surface area contributed by atoms with Gasteiger partial charge in [0, 0.05) is 77.3 Å². The van der Waals surface area contributed by atoms with Crippen LogP contribution < -0.4 is 18.9 Å². The Bertz CT molecular complexity index is 4780. The van der Waals surface area contributed by atoms with Gasteiger partial charge in [0.05, 0.1) is 45.4 Å². The summed E-state index contributed by atoms with van der Waals surface area (Å²) in [5.41, 5.74) is 16.8. The number of halogens is 4. The van der Waals surface area contributed by atoms with Crippen LogP contribution in [0.25, 0.3) is 89.9 Å². The van der Waals surface area contributed by atoms with Gasteiger partial charge >= 0.3 is 25.2 Å². The quantitative estimate of drug-likeness (QED) is 0.0374. The van der Waals surface area contributed by atoms with Gasteiger partial charge in [-0.1, -0.05) is 106 Å². The summed E-state index contributed by atoms with van der Waals surface area (Å²) in [5, 5.41) is 0. The molecule has 22 heteroatoms. The molecule has 14 rings (SSSR count). The number of hydrogen-bond acceptors (Lipinski definition) is 18. The van der Waals surface area contributed by atoms with E-state index in [2.05, 4.69) is 61.0 Å². The molecular formula is C83H89F4N7O11. The number of carbonyl (C=O) groups excluding carboxylic acids is 3. The number of hydrogen-bond donors (Lipinski definition) is 0. The standard InChI is InChI=1S/C41H44F2N4O5.C36H33F2N3O6.C6H12/c1-24-16-18-46(21-24)22-27-14-15-33(44-38(27)49-4)31-11-6-9-29(25(31)2)30-10-7-12-32(26(30)3)39-45-34-19-28(36(52-41(42)43)20-37(34)51-39)23-47-17-8-13-35(47)40(48)50-5;1-20-24(8-5-10-26(20)28-14-13-22(19-42)33(39-28)44-3)25-9-6-11-27(21(25)2)34-40-29-16-23(31(47-36(37)38)17-32(29)46-34)18-41-15-7-12-30(41)35(43)45-4;1-6-4-2-3-5-6/h6-7,9-12,14-15,19-20,24,35,41H,8,13,16-18,21-23H2,1-5H3;5-6,8-11,13-14,16-17,19,30,36H,7,12,15,18H2,1-4H3;6H,2-5H2,1H3/t24-,35-;30-;/m00./s1. The largest absolute Gasteiger partial charge is 0.481 e. The number of fused-ring (bicyclic) bond motifs is 2. The first-order chi connectivity index (χ1) is 50.7.